The molecule has 0 unspecified atom stereocenters. The van der Waals surface area contributed by atoms with Gasteiger partial charge in [0.05, 0.1) is 17.8 Å². The predicted molar refractivity (Wildman–Crippen MR) is 74.3 cm³/mol. The molecule has 0 spiro atoms. The quantitative estimate of drug-likeness (QED) is 0.847. The Hall–Kier alpha value is -2.43. The molecule has 0 aliphatic rings. The van der Waals surface area contributed by atoms with Crippen molar-refractivity contribution in [3.8, 4) is 0 Å². The molecular weight excluding hydrogens is 262 g/mol. The molecule has 2 rings (SSSR count). The summed E-state index contributed by atoms with van der Waals surface area (Å²) in [4.78, 5) is 11.9. The number of nitrogens with one attached hydrogen (secondary N) is 1. The first kappa shape index (κ1) is 14.0. The van der Waals surface area contributed by atoms with Gasteiger partial charge in [0.25, 0.3) is 0 Å². The van der Waals surface area contributed by atoms with Gasteiger partial charge in [-0.2, -0.15) is 0 Å². The molecule has 104 valence electrons. The first-order chi connectivity index (χ1) is 9.47. The molecule has 2 aromatic rings. The van der Waals surface area contributed by atoms with Gasteiger partial charge in [-0.25, -0.2) is 8.78 Å². The molecule has 0 fully saturated rings. The minimum atomic E-state index is -0.852. The van der Waals surface area contributed by atoms with Crippen LogP contribution < -0.4 is 11.1 Å². The molecule has 20 heavy (non-hydrogen) atoms. The van der Waals surface area contributed by atoms with Crippen LogP contribution in [0.25, 0.3) is 0 Å². The van der Waals surface area contributed by atoms with Crippen molar-refractivity contribution in [1.29, 1.82) is 0 Å². The van der Waals surface area contributed by atoms with Gasteiger partial charge in [-0.05, 0) is 24.1 Å². The lowest BCUT2D eigenvalue weighted by Crippen LogP contribution is -2.16. The summed E-state index contributed by atoms with van der Waals surface area (Å²) >= 11 is 0. The van der Waals surface area contributed by atoms with Crippen LogP contribution in [-0.2, 0) is 11.2 Å². The average Bonchev–Trinajstić information content (AvgIpc) is 2.39. The number of benzene rings is 2. The maximum atomic E-state index is 13.5. The topological polar surface area (TPSA) is 55.1 Å². The predicted octanol–water partition coefficient (Wildman–Crippen LogP) is 3.04. The Labute approximate surface area is 115 Å². The monoisotopic (exact) mass is 276 g/mol. The molecule has 1 amide bonds. The van der Waals surface area contributed by atoms with E-state index in [0.717, 1.165) is 17.2 Å². The summed E-state index contributed by atoms with van der Waals surface area (Å²) < 4.78 is 26.5. The van der Waals surface area contributed by atoms with Crippen molar-refractivity contribution >= 4 is 17.3 Å². The van der Waals surface area contributed by atoms with Crippen LogP contribution in [0.5, 0.6) is 0 Å². The molecule has 0 atom stereocenters. The van der Waals surface area contributed by atoms with Crippen LogP contribution in [0.4, 0.5) is 20.2 Å². The molecule has 0 aromatic heterocycles. The molecule has 0 saturated heterocycles. The van der Waals surface area contributed by atoms with Crippen LogP contribution in [0.1, 0.15) is 11.1 Å². The molecule has 0 bridgehead atoms. The number of anilines is 2. The molecule has 2 aromatic carbocycles. The summed E-state index contributed by atoms with van der Waals surface area (Å²) in [6, 6.07) is 9.13. The van der Waals surface area contributed by atoms with Crippen molar-refractivity contribution in [2.24, 2.45) is 0 Å². The minimum absolute atomic E-state index is 0.114. The zero-order valence-electron chi connectivity index (χ0n) is 10.9. The maximum absolute atomic E-state index is 13.5. The van der Waals surface area contributed by atoms with Gasteiger partial charge in [0, 0.05) is 6.07 Å². The highest BCUT2D eigenvalue weighted by atomic mass is 19.1. The standard InChI is InChI=1S/C15H14F2N2O/c1-9-4-2-3-5-10(9)6-15(20)19-14-8-13(18)11(16)7-12(14)17/h2-5,7-8H,6,18H2,1H3,(H,19,20). The van der Waals surface area contributed by atoms with E-state index in [1.807, 2.05) is 31.2 Å². The van der Waals surface area contributed by atoms with Crippen molar-refractivity contribution in [1.82, 2.24) is 0 Å². The van der Waals surface area contributed by atoms with Crippen LogP contribution in [0.15, 0.2) is 36.4 Å². The lowest BCUT2D eigenvalue weighted by Gasteiger charge is -2.09. The lowest BCUT2D eigenvalue weighted by molar-refractivity contribution is -0.115. The number of carbonyl (C=O) groups is 1. The minimum Gasteiger partial charge on any atom is -0.396 e. The van der Waals surface area contributed by atoms with E-state index in [0.29, 0.717) is 6.07 Å². The number of hydrogen-bond donors (Lipinski definition) is 2. The average molecular weight is 276 g/mol. The summed E-state index contributed by atoms with van der Waals surface area (Å²) in [5, 5.41) is 2.39. The van der Waals surface area contributed by atoms with Crippen molar-refractivity contribution in [2.45, 2.75) is 13.3 Å². The Morgan fingerprint density at radius 2 is 1.90 bits per heavy atom. The van der Waals surface area contributed by atoms with Gasteiger partial charge < -0.3 is 11.1 Å². The summed E-state index contributed by atoms with van der Waals surface area (Å²) in [5.41, 5.74) is 6.84. The highest BCUT2D eigenvalue weighted by Crippen LogP contribution is 2.21. The van der Waals surface area contributed by atoms with E-state index in [1.54, 1.807) is 0 Å². The summed E-state index contributed by atoms with van der Waals surface area (Å²) in [6.45, 7) is 1.89. The zero-order valence-corrected chi connectivity index (χ0v) is 10.9. The van der Waals surface area contributed by atoms with Crippen LogP contribution in [-0.4, -0.2) is 5.91 Å². The second kappa shape index (κ2) is 5.69. The molecule has 3 N–H and O–H groups in total. The largest absolute Gasteiger partial charge is 0.396 e. The van der Waals surface area contributed by atoms with Crippen LogP contribution in [0.3, 0.4) is 0 Å². The third-order valence-electron chi connectivity index (χ3n) is 2.97. The summed E-state index contributed by atoms with van der Waals surface area (Å²) in [7, 11) is 0. The number of rotatable bonds is 3. The van der Waals surface area contributed by atoms with E-state index >= 15 is 0 Å². The Kier molecular flexibility index (Phi) is 3.98. The SMILES string of the molecule is Cc1ccccc1CC(=O)Nc1cc(N)c(F)cc1F. The second-order valence-corrected chi connectivity index (χ2v) is 4.51. The fourth-order valence-electron chi connectivity index (χ4n) is 1.84. The summed E-state index contributed by atoms with van der Waals surface area (Å²) in [6.07, 6.45) is 0.114. The van der Waals surface area contributed by atoms with Crippen LogP contribution in [0, 0.1) is 18.6 Å². The van der Waals surface area contributed by atoms with Crippen LogP contribution in [0.2, 0.25) is 0 Å². The van der Waals surface area contributed by atoms with Gasteiger partial charge in [0.1, 0.15) is 11.6 Å². The van der Waals surface area contributed by atoms with Gasteiger partial charge in [0.15, 0.2) is 0 Å². The molecule has 0 aliphatic heterocycles. The Balaban J connectivity index is 2.13. The second-order valence-electron chi connectivity index (χ2n) is 4.51. The van der Waals surface area contributed by atoms with Gasteiger partial charge in [-0.3, -0.25) is 4.79 Å². The summed E-state index contributed by atoms with van der Waals surface area (Å²) in [5.74, 6) is -2.08. The zero-order chi connectivity index (χ0) is 14.7. The molecule has 3 nitrogen and oxygen atoms in total. The number of amides is 1. The fourth-order valence-corrected chi connectivity index (χ4v) is 1.84. The maximum Gasteiger partial charge on any atom is 0.228 e. The third-order valence-corrected chi connectivity index (χ3v) is 2.97. The fraction of sp³-hybridized carbons (Fsp3) is 0.133. The van der Waals surface area contributed by atoms with E-state index in [2.05, 4.69) is 5.32 Å². The first-order valence-corrected chi connectivity index (χ1v) is 6.06. The number of halogens is 2. The normalized spacial score (nSPS) is 10.3. The Morgan fingerprint density at radius 1 is 1.20 bits per heavy atom. The number of nitrogen functional groups attached to an aromatic ring is 1. The van der Waals surface area contributed by atoms with Gasteiger partial charge in [-0.15, -0.1) is 0 Å². The van der Waals surface area contributed by atoms with Crippen LogP contribution >= 0.6 is 0 Å². The van der Waals surface area contributed by atoms with Crippen molar-refractivity contribution in [3.63, 3.8) is 0 Å². The molecule has 5 heteroatoms. The van der Waals surface area contributed by atoms with Crippen molar-refractivity contribution < 1.29 is 13.6 Å². The molecule has 0 heterocycles. The number of carbonyl (C=O) groups excluding carboxylic acids is 1. The van der Waals surface area contributed by atoms with E-state index in [4.69, 9.17) is 5.73 Å². The Bertz CT molecular complexity index is 656. The van der Waals surface area contributed by atoms with Gasteiger partial charge >= 0.3 is 0 Å². The smallest absolute Gasteiger partial charge is 0.228 e. The van der Waals surface area contributed by atoms with E-state index < -0.39 is 11.6 Å². The molecule has 0 aliphatic carbocycles. The number of aryl methyl sites for hydroxylation is 1. The van der Waals surface area contributed by atoms with Gasteiger partial charge in [0.2, 0.25) is 5.91 Å². The molecule has 0 radical (unpaired) electrons. The van der Waals surface area contributed by atoms with E-state index in [-0.39, 0.29) is 23.7 Å². The van der Waals surface area contributed by atoms with E-state index in [1.165, 1.54) is 0 Å². The molecular formula is C15H14F2N2O. The van der Waals surface area contributed by atoms with Gasteiger partial charge in [-0.1, -0.05) is 24.3 Å². The Morgan fingerprint density at radius 3 is 2.60 bits per heavy atom. The first-order valence-electron chi connectivity index (χ1n) is 6.06. The van der Waals surface area contributed by atoms with Crippen molar-refractivity contribution in [2.75, 3.05) is 11.1 Å². The van der Waals surface area contributed by atoms with E-state index in [9.17, 15) is 13.6 Å². The third kappa shape index (κ3) is 3.12. The number of hydrogen-bond acceptors (Lipinski definition) is 2. The lowest BCUT2D eigenvalue weighted by atomic mass is 10.1. The highest BCUT2D eigenvalue weighted by Gasteiger charge is 2.12. The molecule has 0 saturated carbocycles. The number of nitrogens with two attached hydrogens (primary N) is 1. The van der Waals surface area contributed by atoms with Crippen molar-refractivity contribution in [3.05, 3.63) is 59.2 Å². The highest BCUT2D eigenvalue weighted by molar-refractivity contribution is 5.93.